The third-order valence-corrected chi connectivity index (χ3v) is 2.96. The molecule has 0 spiro atoms. The van der Waals surface area contributed by atoms with Gasteiger partial charge in [0.1, 0.15) is 0 Å². The number of amides is 3. The second-order valence-corrected chi connectivity index (χ2v) is 5.42. The molecule has 1 aromatic carbocycles. The highest BCUT2D eigenvalue weighted by atomic mass is 19.2. The van der Waals surface area contributed by atoms with Crippen molar-refractivity contribution in [1.29, 1.82) is 0 Å². The van der Waals surface area contributed by atoms with E-state index in [9.17, 15) is 22.8 Å². The Kier molecular flexibility index (Phi) is 7.37. The molecule has 0 saturated heterocycles. The zero-order chi connectivity index (χ0) is 17.4. The van der Waals surface area contributed by atoms with Gasteiger partial charge in [0.05, 0.1) is 12.2 Å². The van der Waals surface area contributed by atoms with Crippen LogP contribution in [-0.4, -0.2) is 25.0 Å². The van der Waals surface area contributed by atoms with Crippen LogP contribution in [-0.2, 0) is 4.79 Å². The van der Waals surface area contributed by atoms with Gasteiger partial charge in [0.25, 0.3) is 0 Å². The van der Waals surface area contributed by atoms with Crippen LogP contribution >= 0.6 is 0 Å². The van der Waals surface area contributed by atoms with E-state index in [-0.39, 0.29) is 0 Å². The minimum absolute atomic E-state index is 0.422. The number of hydrogen-bond acceptors (Lipinski definition) is 2. The van der Waals surface area contributed by atoms with E-state index in [1.165, 1.54) is 0 Å². The van der Waals surface area contributed by atoms with E-state index in [0.717, 1.165) is 18.9 Å². The molecule has 0 aliphatic heterocycles. The fourth-order valence-corrected chi connectivity index (χ4v) is 1.75. The first-order valence-corrected chi connectivity index (χ1v) is 7.26. The number of hydrogen-bond donors (Lipinski definition) is 3. The van der Waals surface area contributed by atoms with Crippen molar-refractivity contribution >= 4 is 17.6 Å². The fraction of sp³-hybridized carbons (Fsp3) is 0.467. The third-order valence-electron chi connectivity index (χ3n) is 2.96. The second kappa shape index (κ2) is 9.02. The van der Waals surface area contributed by atoms with Gasteiger partial charge in [-0.1, -0.05) is 13.8 Å². The molecule has 23 heavy (non-hydrogen) atoms. The fourth-order valence-electron chi connectivity index (χ4n) is 1.75. The highest BCUT2D eigenvalue weighted by Gasteiger charge is 2.15. The van der Waals surface area contributed by atoms with Crippen LogP contribution in [0.1, 0.15) is 26.7 Å². The molecule has 0 aromatic heterocycles. The highest BCUT2D eigenvalue weighted by molar-refractivity contribution is 5.94. The number of benzene rings is 1. The molecule has 0 radical (unpaired) electrons. The lowest BCUT2D eigenvalue weighted by Gasteiger charge is -2.10. The van der Waals surface area contributed by atoms with Crippen molar-refractivity contribution in [2.45, 2.75) is 26.7 Å². The van der Waals surface area contributed by atoms with E-state index in [4.69, 9.17) is 0 Å². The monoisotopic (exact) mass is 331 g/mol. The lowest BCUT2D eigenvalue weighted by molar-refractivity contribution is -0.115. The number of carbonyl (C=O) groups excluding carboxylic acids is 2. The molecule has 3 amide bonds. The molecular weight excluding hydrogens is 311 g/mol. The summed E-state index contributed by atoms with van der Waals surface area (Å²) in [6, 6.07) is 1.07. The first-order valence-electron chi connectivity index (χ1n) is 7.26. The van der Waals surface area contributed by atoms with E-state index in [0.29, 0.717) is 18.5 Å². The maximum absolute atomic E-state index is 13.4. The highest BCUT2D eigenvalue weighted by Crippen LogP contribution is 2.19. The normalized spacial score (nSPS) is 10.5. The van der Waals surface area contributed by atoms with Crippen molar-refractivity contribution in [2.75, 3.05) is 18.4 Å². The Balaban J connectivity index is 2.34. The van der Waals surface area contributed by atoms with Gasteiger partial charge in [-0.2, -0.15) is 0 Å². The first kappa shape index (κ1) is 18.8. The second-order valence-electron chi connectivity index (χ2n) is 5.42. The van der Waals surface area contributed by atoms with Gasteiger partial charge in [-0.15, -0.1) is 0 Å². The van der Waals surface area contributed by atoms with Crippen molar-refractivity contribution in [1.82, 2.24) is 10.6 Å². The summed E-state index contributed by atoms with van der Waals surface area (Å²) < 4.78 is 39.1. The average Bonchev–Trinajstić information content (AvgIpc) is 2.50. The minimum atomic E-state index is -1.67. The Morgan fingerprint density at radius 2 is 1.78 bits per heavy atom. The van der Waals surface area contributed by atoms with Crippen molar-refractivity contribution in [2.24, 2.45) is 5.92 Å². The summed E-state index contributed by atoms with van der Waals surface area (Å²) in [5.74, 6) is -4.72. The van der Waals surface area contributed by atoms with Crippen LogP contribution in [0.25, 0.3) is 0 Å². The van der Waals surface area contributed by atoms with Crippen molar-refractivity contribution in [3.05, 3.63) is 29.6 Å². The first-order chi connectivity index (χ1) is 10.8. The molecule has 0 fully saturated rings. The zero-order valence-corrected chi connectivity index (χ0v) is 13.0. The lowest BCUT2D eigenvalue weighted by Crippen LogP contribution is -2.40. The van der Waals surface area contributed by atoms with Crippen molar-refractivity contribution in [3.63, 3.8) is 0 Å². The number of halogens is 3. The van der Waals surface area contributed by atoms with Gasteiger partial charge in [0.2, 0.25) is 5.91 Å². The molecule has 0 atom stereocenters. The van der Waals surface area contributed by atoms with Crippen LogP contribution in [0.4, 0.5) is 23.7 Å². The summed E-state index contributed by atoms with van der Waals surface area (Å²) in [6.07, 6.45) is 1.79. The quantitative estimate of drug-likeness (QED) is 0.531. The summed E-state index contributed by atoms with van der Waals surface area (Å²) in [6.45, 7) is 4.20. The molecule has 0 saturated carbocycles. The van der Waals surface area contributed by atoms with Gasteiger partial charge in [-0.3, -0.25) is 4.79 Å². The van der Waals surface area contributed by atoms with E-state index >= 15 is 0 Å². The summed E-state index contributed by atoms with van der Waals surface area (Å²) in [5.41, 5.74) is -0.493. The molecule has 5 nitrogen and oxygen atoms in total. The van der Waals surface area contributed by atoms with Crippen molar-refractivity contribution < 1.29 is 22.8 Å². The van der Waals surface area contributed by atoms with Gasteiger partial charge in [-0.25, -0.2) is 18.0 Å². The number of urea groups is 1. The molecule has 128 valence electrons. The SMILES string of the molecule is CC(C)CCCNC(=O)NCC(=O)Nc1ccc(F)c(F)c1F. The molecule has 3 N–H and O–H groups in total. The Morgan fingerprint density at radius 3 is 2.43 bits per heavy atom. The average molecular weight is 331 g/mol. The summed E-state index contributed by atoms with van der Waals surface area (Å²) >= 11 is 0. The Hall–Kier alpha value is -2.25. The van der Waals surface area contributed by atoms with Gasteiger partial charge in [0, 0.05) is 6.54 Å². The number of anilines is 1. The Bertz CT molecular complexity index is 565. The van der Waals surface area contributed by atoms with Gasteiger partial charge in [0.15, 0.2) is 17.5 Å². The van der Waals surface area contributed by atoms with Crippen LogP contribution in [0.3, 0.4) is 0 Å². The third kappa shape index (κ3) is 6.58. The number of rotatable bonds is 7. The zero-order valence-electron chi connectivity index (χ0n) is 13.0. The molecule has 1 rings (SSSR count). The minimum Gasteiger partial charge on any atom is -0.338 e. The molecule has 8 heteroatoms. The van der Waals surface area contributed by atoms with Crippen LogP contribution in [0.2, 0.25) is 0 Å². The summed E-state index contributed by atoms with van der Waals surface area (Å²) in [4.78, 5) is 23.0. The van der Waals surface area contributed by atoms with E-state index in [1.807, 2.05) is 0 Å². The molecule has 0 aliphatic carbocycles. The maximum Gasteiger partial charge on any atom is 0.315 e. The Labute approximate surface area is 132 Å². The van der Waals surface area contributed by atoms with Gasteiger partial charge < -0.3 is 16.0 Å². The molecular formula is C15H20F3N3O2. The van der Waals surface area contributed by atoms with Gasteiger partial charge >= 0.3 is 6.03 Å². The lowest BCUT2D eigenvalue weighted by atomic mass is 10.1. The van der Waals surface area contributed by atoms with E-state index < -0.39 is 41.6 Å². The van der Waals surface area contributed by atoms with Crippen LogP contribution in [0.15, 0.2) is 12.1 Å². The number of carbonyl (C=O) groups is 2. The predicted octanol–water partition coefficient (Wildman–Crippen LogP) is 2.78. The van der Waals surface area contributed by atoms with Crippen LogP contribution in [0, 0.1) is 23.4 Å². The molecule has 0 heterocycles. The van der Waals surface area contributed by atoms with Crippen LogP contribution in [0.5, 0.6) is 0 Å². The number of nitrogens with one attached hydrogen (secondary N) is 3. The smallest absolute Gasteiger partial charge is 0.315 e. The van der Waals surface area contributed by atoms with E-state index in [1.54, 1.807) is 0 Å². The predicted molar refractivity (Wildman–Crippen MR) is 80.4 cm³/mol. The molecule has 0 bridgehead atoms. The molecule has 0 unspecified atom stereocenters. The molecule has 1 aromatic rings. The molecule has 0 aliphatic rings. The summed E-state index contributed by atoms with van der Waals surface area (Å²) in [7, 11) is 0. The summed E-state index contributed by atoms with van der Waals surface area (Å²) in [5, 5.41) is 6.91. The van der Waals surface area contributed by atoms with Crippen molar-refractivity contribution in [3.8, 4) is 0 Å². The van der Waals surface area contributed by atoms with Gasteiger partial charge in [-0.05, 0) is 30.9 Å². The maximum atomic E-state index is 13.4. The largest absolute Gasteiger partial charge is 0.338 e. The van der Waals surface area contributed by atoms with Crippen LogP contribution < -0.4 is 16.0 Å². The standard InChI is InChI=1S/C15H20F3N3O2/c1-9(2)4-3-7-19-15(23)20-8-12(22)21-11-6-5-10(16)13(17)14(11)18/h5-6,9H,3-4,7-8H2,1-2H3,(H,21,22)(H2,19,20,23). The topological polar surface area (TPSA) is 70.2 Å². The Morgan fingerprint density at radius 1 is 1.09 bits per heavy atom. The van der Waals surface area contributed by atoms with E-state index in [2.05, 4.69) is 29.8 Å².